The van der Waals surface area contributed by atoms with E-state index in [9.17, 15) is 67.7 Å². The Morgan fingerprint density at radius 3 is 1.64 bits per heavy atom. The number of amides is 12. The van der Waals surface area contributed by atoms with Crippen molar-refractivity contribution in [2.45, 2.75) is 205 Å². The lowest BCUT2D eigenvalue weighted by Gasteiger charge is -2.29. The minimum Gasteiger partial charge on any atom is -0.391 e. The highest BCUT2D eigenvalue weighted by Gasteiger charge is 2.38. The third-order valence-corrected chi connectivity index (χ3v) is 14.6. The second kappa shape index (κ2) is 41.0. The third kappa shape index (κ3) is 28.2. The number of hydrogen-bond donors (Lipinski definition) is 18. The summed E-state index contributed by atoms with van der Waals surface area (Å²) in [5.74, 6) is -10.1. The van der Waals surface area contributed by atoms with Gasteiger partial charge in [-0.05, 0) is 109 Å². The number of carbonyl (C=O) groups is 12. The van der Waals surface area contributed by atoms with Crippen molar-refractivity contribution in [3.63, 3.8) is 0 Å². The van der Waals surface area contributed by atoms with E-state index >= 15 is 0 Å². The number of carbonyl (C=O) groups excluding carboxylic acids is 12. The van der Waals surface area contributed by atoms with Gasteiger partial charge in [-0.25, -0.2) is 0 Å². The molecule has 0 aliphatic carbocycles. The lowest BCUT2D eigenvalue weighted by molar-refractivity contribution is -0.137. The van der Waals surface area contributed by atoms with Crippen LogP contribution in [0.5, 0.6) is 0 Å². The fourth-order valence-electron chi connectivity index (χ4n) is 9.35. The van der Waals surface area contributed by atoms with Crippen LogP contribution in [-0.2, 0) is 64.0 Å². The molecule has 1 heterocycles. The highest BCUT2D eigenvalue weighted by atomic mass is 16.3. The van der Waals surface area contributed by atoms with Crippen LogP contribution >= 0.6 is 0 Å². The molecule has 1 aliphatic rings. The number of benzene rings is 1. The molecular weight excluding hydrogens is 1140 g/mol. The number of aliphatic hydroxyl groups excluding tert-OH is 2. The van der Waals surface area contributed by atoms with Gasteiger partial charge in [-0.3, -0.25) is 57.5 Å². The molecule has 1 aliphatic heterocycles. The Morgan fingerprint density at radius 2 is 1.11 bits per heavy atom. The summed E-state index contributed by atoms with van der Waals surface area (Å²) >= 11 is 0. The molecule has 1 aromatic carbocycles. The van der Waals surface area contributed by atoms with Crippen LogP contribution in [0.1, 0.15) is 131 Å². The summed E-state index contributed by atoms with van der Waals surface area (Å²) in [6.45, 7) is 10.1. The summed E-state index contributed by atoms with van der Waals surface area (Å²) < 4.78 is 0. The number of aliphatic hydroxyl groups is 2. The van der Waals surface area contributed by atoms with Crippen molar-refractivity contribution in [3.05, 3.63) is 35.9 Å². The molecule has 30 nitrogen and oxygen atoms in total. The van der Waals surface area contributed by atoms with Crippen LogP contribution in [0.2, 0.25) is 0 Å². The fraction of sp³-hybridized carbons (Fsp3) is 0.690. The molecule has 0 radical (unpaired) electrons. The number of nitrogens with two attached hydrogens (primary N) is 4. The van der Waals surface area contributed by atoms with Crippen LogP contribution in [0.15, 0.2) is 30.3 Å². The number of hydrogen-bond acceptors (Lipinski definition) is 18. The molecule has 1 saturated heterocycles. The summed E-state index contributed by atoms with van der Waals surface area (Å²) in [4.78, 5) is 166. The Kier molecular flexibility index (Phi) is 35.7. The van der Waals surface area contributed by atoms with E-state index < -0.39 is 156 Å². The number of unbranched alkanes of at least 4 members (excludes halogenated alkanes) is 1. The van der Waals surface area contributed by atoms with Crippen molar-refractivity contribution in [1.82, 2.24) is 63.8 Å². The Hall–Kier alpha value is -7.38. The van der Waals surface area contributed by atoms with E-state index in [1.54, 1.807) is 44.2 Å². The van der Waals surface area contributed by atoms with Gasteiger partial charge in [-0.1, -0.05) is 77.3 Å². The Bertz CT molecular complexity index is 2440. The first-order valence-corrected chi connectivity index (χ1v) is 30.4. The van der Waals surface area contributed by atoms with E-state index in [0.29, 0.717) is 17.9 Å². The molecule has 1 unspecified atom stereocenters. The van der Waals surface area contributed by atoms with Gasteiger partial charge in [0, 0.05) is 32.9 Å². The molecule has 22 N–H and O–H groups in total. The predicted molar refractivity (Wildman–Crippen MR) is 326 cm³/mol. The average Bonchev–Trinajstić information content (AvgIpc) is 2.68. The Labute approximate surface area is 515 Å². The summed E-state index contributed by atoms with van der Waals surface area (Å²) in [5.41, 5.74) is 24.2. The van der Waals surface area contributed by atoms with Crippen molar-refractivity contribution in [2.24, 2.45) is 34.8 Å². The largest absolute Gasteiger partial charge is 0.391 e. The lowest BCUT2D eigenvalue weighted by Crippen LogP contribution is -2.62. The monoisotopic (exact) mass is 1240 g/mol. The van der Waals surface area contributed by atoms with Gasteiger partial charge in [-0.2, -0.15) is 0 Å². The first kappa shape index (κ1) is 76.7. The van der Waals surface area contributed by atoms with Crippen LogP contribution < -0.4 is 86.7 Å². The van der Waals surface area contributed by atoms with E-state index in [-0.39, 0.29) is 90.0 Å². The molecule has 30 heteroatoms. The fourth-order valence-corrected chi connectivity index (χ4v) is 9.35. The van der Waals surface area contributed by atoms with Gasteiger partial charge in [0.2, 0.25) is 70.9 Å². The van der Waals surface area contributed by atoms with Crippen LogP contribution in [0.4, 0.5) is 0 Å². The van der Waals surface area contributed by atoms with E-state index in [4.69, 9.17) is 22.9 Å². The Morgan fingerprint density at radius 1 is 0.591 bits per heavy atom. The van der Waals surface area contributed by atoms with Crippen LogP contribution in [0.25, 0.3) is 0 Å². The summed E-state index contributed by atoms with van der Waals surface area (Å²) in [5, 5.41) is 52.3. The van der Waals surface area contributed by atoms with Gasteiger partial charge in [0.1, 0.15) is 60.4 Å². The average molecular weight is 1250 g/mol. The second-order valence-electron chi connectivity index (χ2n) is 22.7. The molecule has 0 saturated carbocycles. The van der Waals surface area contributed by atoms with Gasteiger partial charge >= 0.3 is 0 Å². The number of nitrogens with one attached hydrogen (secondary N) is 12. The van der Waals surface area contributed by atoms with Gasteiger partial charge < -0.3 is 96.9 Å². The Balaban J connectivity index is 2.69. The van der Waals surface area contributed by atoms with Gasteiger partial charge in [0.05, 0.1) is 12.2 Å². The molecule has 1 aromatic rings. The molecule has 496 valence electrons. The first-order chi connectivity index (χ1) is 41.7. The molecule has 88 heavy (non-hydrogen) atoms. The molecular formula is C58H100N16O14. The van der Waals surface area contributed by atoms with Crippen LogP contribution in [0, 0.1) is 11.8 Å². The highest BCUT2D eigenvalue weighted by molar-refractivity contribution is 5.99. The molecule has 2 rings (SSSR count). The molecule has 0 bridgehead atoms. The molecule has 0 aromatic heterocycles. The van der Waals surface area contributed by atoms with E-state index in [0.717, 1.165) is 19.3 Å². The maximum atomic E-state index is 14.6. The van der Waals surface area contributed by atoms with Gasteiger partial charge in [0.15, 0.2) is 0 Å². The quantitative estimate of drug-likeness (QED) is 0.0321. The van der Waals surface area contributed by atoms with E-state index in [1.807, 2.05) is 0 Å². The van der Waals surface area contributed by atoms with E-state index in [2.05, 4.69) is 77.6 Å². The summed E-state index contributed by atoms with van der Waals surface area (Å²) in [6, 6.07) is -6.52. The first-order valence-electron chi connectivity index (χ1n) is 30.4. The lowest BCUT2D eigenvalue weighted by atomic mass is 10.00. The maximum Gasteiger partial charge on any atom is 0.245 e. The highest BCUT2D eigenvalue weighted by Crippen LogP contribution is 2.14. The zero-order valence-electron chi connectivity index (χ0n) is 52.0. The normalized spacial score (nSPS) is 22.4. The zero-order valence-corrected chi connectivity index (χ0v) is 52.0. The molecule has 13 atom stereocenters. The van der Waals surface area contributed by atoms with Crippen molar-refractivity contribution in [3.8, 4) is 0 Å². The van der Waals surface area contributed by atoms with Crippen LogP contribution in [0.3, 0.4) is 0 Å². The SMILES string of the molecule is CCC(C)CCCCC(=O)N[C@@H](CCNC(C)=O)C(=O)N[C@H](C(=O)N[C@@H](CCN)C(=O)N[C@H]1CCNC(=O)[C@H]([C@@H](C)O)NC(=O)[C@H](CCN)NC(=O)[C@H](CCN)NC(=O)[C@H](CC(C)C)NC(=O)[C@@H](Cc2ccccc2)NC(=O)[C@H](CCN)NC1=O)[C@@H](C)O. The van der Waals surface area contributed by atoms with Crippen molar-refractivity contribution in [1.29, 1.82) is 0 Å². The van der Waals surface area contributed by atoms with Crippen LogP contribution in [-0.4, -0.2) is 193 Å². The number of rotatable bonds is 30. The topological polar surface area (TPSA) is 494 Å². The van der Waals surface area contributed by atoms with Crippen molar-refractivity contribution >= 4 is 70.9 Å². The minimum atomic E-state index is -1.75. The van der Waals surface area contributed by atoms with Crippen molar-refractivity contribution in [2.75, 3.05) is 39.3 Å². The summed E-state index contributed by atoms with van der Waals surface area (Å²) in [7, 11) is 0. The molecule has 1 fully saturated rings. The smallest absolute Gasteiger partial charge is 0.245 e. The molecule has 12 amide bonds. The second-order valence-corrected chi connectivity index (χ2v) is 22.7. The van der Waals surface area contributed by atoms with Crippen molar-refractivity contribution < 1.29 is 67.7 Å². The van der Waals surface area contributed by atoms with E-state index in [1.165, 1.54) is 20.8 Å². The molecule has 0 spiro atoms. The minimum absolute atomic E-state index is 0.0381. The predicted octanol–water partition coefficient (Wildman–Crippen LogP) is -5.07. The zero-order chi connectivity index (χ0) is 66.0. The van der Waals surface area contributed by atoms with Gasteiger partial charge in [0.25, 0.3) is 0 Å². The third-order valence-electron chi connectivity index (χ3n) is 14.6. The maximum absolute atomic E-state index is 14.6. The van der Waals surface area contributed by atoms with Gasteiger partial charge in [-0.15, -0.1) is 0 Å². The summed E-state index contributed by atoms with van der Waals surface area (Å²) in [6.07, 6.45) is -1.44. The standard InChI is InChI=1S/C58H100N16O14/c1-8-33(4)14-12-13-17-46(78)65-42(22-28-63-36(7)77)54(84)74-48(35(6)76)58(88)70-40(20-26-61)50(80)69-43-23-29-64-57(87)47(34(5)75)73-53(83)41(21-27-62)67-49(79)38(18-24-59)68-55(85)44(30-32(2)3)71-56(86)45(31-37-15-10-9-11-16-37)72-51(81)39(19-25-60)66-52(43)82/h9-11,15-16,32-35,38-45,47-48,75-76H,8,12-14,17-31,59-62H2,1-7H3,(H,63,77)(H,64,87)(H,65,78)(H,66,82)(H,67,79)(H,68,85)(H,69,80)(H,70,88)(H,71,86)(H,72,81)(H,73,83)(H,74,84)/t33?,34-,35-,38+,39+,40+,41+,42+,43+,44+,45-,47+,48+/m1/s1.